The van der Waals surface area contributed by atoms with Gasteiger partial charge in [0.25, 0.3) is 20.2 Å². The Kier molecular flexibility index (Phi) is 7.49. The van der Waals surface area contributed by atoms with Crippen LogP contribution >= 0.6 is 11.3 Å². The van der Waals surface area contributed by atoms with Crippen LogP contribution in [0.15, 0.2) is 74.6 Å². The molecule has 14 heteroatoms. The average molecular weight is 573 g/mol. The summed E-state index contributed by atoms with van der Waals surface area (Å²) in [6.07, 6.45) is 0.839. The van der Waals surface area contributed by atoms with Gasteiger partial charge >= 0.3 is 0 Å². The lowest BCUT2D eigenvalue weighted by atomic mass is 10.0. The lowest BCUT2D eigenvalue weighted by Crippen LogP contribution is -2.03. The van der Waals surface area contributed by atoms with Crippen LogP contribution in [0.5, 0.6) is 5.75 Å². The second-order valence-electron chi connectivity index (χ2n) is 7.95. The van der Waals surface area contributed by atoms with Crippen molar-refractivity contribution in [1.29, 1.82) is 5.26 Å². The molecular formula is C24H20N4O7S3. The van der Waals surface area contributed by atoms with E-state index < -0.39 is 30.0 Å². The molecule has 0 bridgehead atoms. The molecule has 0 radical (unpaired) electrons. The number of azo groups is 1. The third kappa shape index (κ3) is 5.52. The monoisotopic (exact) mass is 572 g/mol. The molecule has 1 aromatic heterocycles. The van der Waals surface area contributed by atoms with Crippen LogP contribution in [-0.4, -0.2) is 32.5 Å². The number of hydrogen-bond acceptors (Lipinski definition) is 10. The van der Waals surface area contributed by atoms with Gasteiger partial charge in [-0.05, 0) is 42.3 Å². The molecule has 4 aromatic rings. The summed E-state index contributed by atoms with van der Waals surface area (Å²) in [6.45, 7) is 2.53. The van der Waals surface area contributed by atoms with Crippen LogP contribution in [-0.2, 0) is 20.2 Å². The fourth-order valence-corrected chi connectivity index (χ4v) is 6.02. The van der Waals surface area contributed by atoms with E-state index in [1.54, 1.807) is 24.3 Å². The van der Waals surface area contributed by atoms with E-state index in [2.05, 4.69) is 16.3 Å². The van der Waals surface area contributed by atoms with Crippen molar-refractivity contribution < 1.29 is 30.7 Å². The number of nitrogen functional groups attached to an aromatic ring is 1. The molecule has 0 aliphatic rings. The van der Waals surface area contributed by atoms with Crippen molar-refractivity contribution in [3.63, 3.8) is 0 Å². The number of thiophene rings is 1. The molecule has 0 amide bonds. The lowest BCUT2D eigenvalue weighted by Gasteiger charge is -2.09. The average Bonchev–Trinajstić information content (AvgIpc) is 3.19. The second kappa shape index (κ2) is 10.5. The first-order chi connectivity index (χ1) is 17.9. The molecule has 0 fully saturated rings. The highest BCUT2D eigenvalue weighted by Crippen LogP contribution is 2.45. The smallest absolute Gasteiger partial charge is 0.295 e. The molecule has 196 valence electrons. The summed E-state index contributed by atoms with van der Waals surface area (Å²) in [5, 5.41) is 18.0. The summed E-state index contributed by atoms with van der Waals surface area (Å²) in [7, 11) is -9.56. The first-order valence-electron chi connectivity index (χ1n) is 10.9. The molecule has 38 heavy (non-hydrogen) atoms. The van der Waals surface area contributed by atoms with E-state index >= 15 is 0 Å². The lowest BCUT2D eigenvalue weighted by molar-refractivity contribution is 0.317. The van der Waals surface area contributed by atoms with E-state index in [0.29, 0.717) is 23.5 Å². The topological polar surface area (TPSA) is 192 Å². The van der Waals surface area contributed by atoms with Crippen molar-refractivity contribution in [2.75, 3.05) is 12.3 Å². The van der Waals surface area contributed by atoms with E-state index in [4.69, 9.17) is 10.5 Å². The highest BCUT2D eigenvalue weighted by Gasteiger charge is 2.22. The molecule has 0 atom stereocenters. The Morgan fingerprint density at radius 2 is 1.66 bits per heavy atom. The Morgan fingerprint density at radius 1 is 0.974 bits per heavy atom. The molecule has 11 nitrogen and oxygen atoms in total. The van der Waals surface area contributed by atoms with Crippen molar-refractivity contribution in [3.05, 3.63) is 60.2 Å². The zero-order chi connectivity index (χ0) is 27.7. The van der Waals surface area contributed by atoms with E-state index in [0.717, 1.165) is 29.9 Å². The molecule has 0 aliphatic carbocycles. The van der Waals surface area contributed by atoms with Gasteiger partial charge in [-0.1, -0.05) is 42.5 Å². The Bertz CT molecular complexity index is 1820. The molecular weight excluding hydrogens is 552 g/mol. The summed E-state index contributed by atoms with van der Waals surface area (Å²) < 4.78 is 72.9. The van der Waals surface area contributed by atoms with Gasteiger partial charge in [0.2, 0.25) is 0 Å². The maximum absolute atomic E-state index is 12.1. The minimum Gasteiger partial charge on any atom is -0.494 e. The van der Waals surface area contributed by atoms with E-state index in [9.17, 15) is 31.2 Å². The number of rotatable bonds is 8. The SMILES string of the molecule is CCCOc1ccc(-c2c(/N=N/c3cc(S(=O)(=O)O)c4cccc(S(=O)(=O)O)c4c3)sc(N)c2C#N)cc1. The van der Waals surface area contributed by atoms with Crippen molar-refractivity contribution in [1.82, 2.24) is 0 Å². The number of nitrogens with zero attached hydrogens (tertiary/aromatic N) is 3. The van der Waals surface area contributed by atoms with Gasteiger partial charge < -0.3 is 10.5 Å². The number of hydrogen-bond donors (Lipinski definition) is 3. The quantitative estimate of drug-likeness (QED) is 0.175. The standard InChI is InChI=1S/C24H20N4O7S3/c1-2-10-35-16-8-6-14(7-9-16)22-19(13-25)23(26)36-24(22)28-27-15-11-18-17(21(12-15)38(32,33)34)4-3-5-20(18)37(29,30)31/h3-9,11-12H,2,10,26H2,1H3,(H,29,30,31)(H,32,33,34)/b28-27+. The first kappa shape index (κ1) is 27.2. The van der Waals surface area contributed by atoms with Crippen molar-refractivity contribution >= 4 is 58.0 Å². The predicted octanol–water partition coefficient (Wildman–Crippen LogP) is 5.72. The van der Waals surface area contributed by atoms with Gasteiger partial charge in [0.15, 0.2) is 0 Å². The molecule has 0 unspecified atom stereocenters. The summed E-state index contributed by atoms with van der Waals surface area (Å²) in [6, 6.07) is 14.8. The molecule has 3 aromatic carbocycles. The number of nitrogens with two attached hydrogens (primary N) is 1. The summed E-state index contributed by atoms with van der Waals surface area (Å²) >= 11 is 0.979. The van der Waals surface area contributed by atoms with Crippen molar-refractivity contribution in [2.24, 2.45) is 10.2 Å². The van der Waals surface area contributed by atoms with Gasteiger partial charge in [-0.3, -0.25) is 9.11 Å². The first-order valence-corrected chi connectivity index (χ1v) is 14.6. The van der Waals surface area contributed by atoms with Gasteiger partial charge in [-0.15, -0.1) is 10.2 Å². The molecule has 0 saturated carbocycles. The van der Waals surface area contributed by atoms with Gasteiger partial charge in [0.05, 0.1) is 17.9 Å². The summed E-state index contributed by atoms with van der Waals surface area (Å²) in [5.74, 6) is 0.643. The fourth-order valence-electron chi connectivity index (χ4n) is 3.73. The Labute approximate surface area is 222 Å². The fraction of sp³-hybridized carbons (Fsp3) is 0.125. The summed E-state index contributed by atoms with van der Waals surface area (Å²) in [4.78, 5) is -1.20. The van der Waals surface area contributed by atoms with Gasteiger partial charge in [0.1, 0.15) is 31.6 Å². The van der Waals surface area contributed by atoms with Crippen LogP contribution in [0.3, 0.4) is 0 Å². The van der Waals surface area contributed by atoms with Crippen molar-refractivity contribution in [3.8, 4) is 22.9 Å². The minimum atomic E-state index is -4.82. The number of fused-ring (bicyclic) bond motifs is 1. The van der Waals surface area contributed by atoms with Crippen LogP contribution < -0.4 is 10.5 Å². The zero-order valence-corrected chi connectivity index (χ0v) is 22.1. The van der Waals surface area contributed by atoms with Gasteiger partial charge in [0, 0.05) is 16.3 Å². The Hall–Kier alpha value is -3.87. The second-order valence-corrected chi connectivity index (χ2v) is 11.8. The number of nitriles is 1. The number of ether oxygens (including phenoxy) is 1. The van der Waals surface area contributed by atoms with Gasteiger partial charge in [-0.25, -0.2) is 0 Å². The maximum Gasteiger partial charge on any atom is 0.295 e. The highest BCUT2D eigenvalue weighted by atomic mass is 32.2. The van der Waals surface area contributed by atoms with E-state index in [1.165, 1.54) is 18.2 Å². The number of anilines is 1. The Morgan fingerprint density at radius 3 is 2.26 bits per heavy atom. The van der Waals surface area contributed by atoms with Crippen LogP contribution in [0.25, 0.3) is 21.9 Å². The molecule has 0 saturated heterocycles. The molecule has 0 aliphatic heterocycles. The van der Waals surface area contributed by atoms with E-state index in [1.807, 2.05) is 6.92 Å². The molecule has 1 heterocycles. The van der Waals surface area contributed by atoms with Crippen LogP contribution in [0, 0.1) is 11.3 Å². The number of benzene rings is 3. The van der Waals surface area contributed by atoms with Crippen LogP contribution in [0.4, 0.5) is 15.7 Å². The van der Waals surface area contributed by atoms with E-state index in [-0.39, 0.29) is 32.0 Å². The Balaban J connectivity index is 1.87. The maximum atomic E-state index is 12.1. The van der Waals surface area contributed by atoms with Gasteiger partial charge in [-0.2, -0.15) is 22.1 Å². The normalized spacial score (nSPS) is 12.2. The van der Waals surface area contributed by atoms with Crippen LogP contribution in [0.2, 0.25) is 0 Å². The van der Waals surface area contributed by atoms with Crippen molar-refractivity contribution in [2.45, 2.75) is 23.1 Å². The third-order valence-corrected chi connectivity index (χ3v) is 8.07. The van der Waals surface area contributed by atoms with Crippen LogP contribution in [0.1, 0.15) is 18.9 Å². The molecule has 4 rings (SSSR count). The molecule has 4 N–H and O–H groups in total. The largest absolute Gasteiger partial charge is 0.494 e. The predicted molar refractivity (Wildman–Crippen MR) is 142 cm³/mol. The zero-order valence-electron chi connectivity index (χ0n) is 19.7. The third-order valence-electron chi connectivity index (χ3n) is 5.36. The summed E-state index contributed by atoms with van der Waals surface area (Å²) in [5.41, 5.74) is 7.09. The molecule has 0 spiro atoms. The minimum absolute atomic E-state index is 0.138. The highest BCUT2D eigenvalue weighted by molar-refractivity contribution is 7.86.